The SMILES string of the molecule is COC=CC[C@H]1C(O)CO[C@@H]1CO[Si](c1ccccc1)(c1ccccc1)C(C)(C)C. The third-order valence-corrected chi connectivity index (χ3v) is 11.0. The minimum atomic E-state index is -2.61. The molecule has 1 unspecified atom stereocenters. The molecule has 162 valence electrons. The van der Waals surface area contributed by atoms with Gasteiger partial charge in [0.15, 0.2) is 0 Å². The van der Waals surface area contributed by atoms with Crippen molar-refractivity contribution in [2.24, 2.45) is 5.92 Å². The second-order valence-corrected chi connectivity index (χ2v) is 13.2. The zero-order chi connectivity index (χ0) is 21.6. The van der Waals surface area contributed by atoms with E-state index in [0.29, 0.717) is 19.6 Å². The lowest BCUT2D eigenvalue weighted by Gasteiger charge is -2.43. The van der Waals surface area contributed by atoms with E-state index in [-0.39, 0.29) is 17.1 Å². The molecule has 0 aromatic heterocycles. The van der Waals surface area contributed by atoms with Crippen LogP contribution in [0.4, 0.5) is 0 Å². The van der Waals surface area contributed by atoms with Gasteiger partial charge in [-0.3, -0.25) is 0 Å². The van der Waals surface area contributed by atoms with Gasteiger partial charge in [0.1, 0.15) is 0 Å². The minimum absolute atomic E-state index is 0.00499. The third-order valence-electron chi connectivity index (χ3n) is 5.97. The van der Waals surface area contributed by atoms with Gasteiger partial charge in [0, 0.05) is 5.92 Å². The summed E-state index contributed by atoms with van der Waals surface area (Å²) in [4.78, 5) is 0. The highest BCUT2D eigenvalue weighted by atomic mass is 28.4. The van der Waals surface area contributed by atoms with Crippen molar-refractivity contribution in [2.75, 3.05) is 20.3 Å². The van der Waals surface area contributed by atoms with Gasteiger partial charge in [-0.15, -0.1) is 0 Å². The van der Waals surface area contributed by atoms with E-state index in [0.717, 1.165) is 0 Å². The standard InChI is InChI=1S/C25H34O4Si/c1-25(2,3)30(20-12-7-5-8-13-20,21-14-9-6-10-15-21)29-19-24-22(16-11-17-27-4)23(26)18-28-24/h5-15,17,22-24,26H,16,18-19H2,1-4H3/t22-,23?,24+/m0/s1. The fraction of sp³-hybridized carbons (Fsp3) is 0.440. The number of ether oxygens (including phenoxy) is 2. The van der Waals surface area contributed by atoms with E-state index in [1.165, 1.54) is 10.4 Å². The Morgan fingerprint density at radius 2 is 1.60 bits per heavy atom. The van der Waals surface area contributed by atoms with E-state index in [1.54, 1.807) is 13.4 Å². The van der Waals surface area contributed by atoms with E-state index in [1.807, 2.05) is 18.2 Å². The highest BCUT2D eigenvalue weighted by Gasteiger charge is 2.51. The van der Waals surface area contributed by atoms with Gasteiger partial charge >= 0.3 is 0 Å². The van der Waals surface area contributed by atoms with Gasteiger partial charge in [0.05, 0.1) is 38.8 Å². The Balaban J connectivity index is 1.95. The van der Waals surface area contributed by atoms with E-state index in [2.05, 4.69) is 69.3 Å². The molecule has 3 rings (SSSR count). The van der Waals surface area contributed by atoms with Crippen LogP contribution >= 0.6 is 0 Å². The number of aliphatic hydroxyl groups is 1. The molecule has 0 amide bonds. The summed E-state index contributed by atoms with van der Waals surface area (Å²) in [5.74, 6) is -0.00499. The van der Waals surface area contributed by atoms with Gasteiger partial charge in [-0.2, -0.15) is 0 Å². The number of benzene rings is 2. The largest absolute Gasteiger partial charge is 0.505 e. The van der Waals surface area contributed by atoms with Crippen LogP contribution < -0.4 is 10.4 Å². The van der Waals surface area contributed by atoms with Crippen molar-refractivity contribution < 1.29 is 19.0 Å². The lowest BCUT2D eigenvalue weighted by atomic mass is 9.96. The molecule has 1 fully saturated rings. The van der Waals surface area contributed by atoms with Crippen LogP contribution in [0.2, 0.25) is 5.04 Å². The van der Waals surface area contributed by atoms with Crippen molar-refractivity contribution in [3.05, 3.63) is 73.0 Å². The first kappa shape index (κ1) is 22.8. The maximum atomic E-state index is 10.4. The Kier molecular flexibility index (Phi) is 7.53. The average molecular weight is 427 g/mol. The molecule has 1 N–H and O–H groups in total. The van der Waals surface area contributed by atoms with Crippen LogP contribution in [0.1, 0.15) is 27.2 Å². The Labute approximate surface area is 181 Å². The van der Waals surface area contributed by atoms with Crippen LogP contribution in [0.3, 0.4) is 0 Å². The van der Waals surface area contributed by atoms with Gasteiger partial charge in [-0.25, -0.2) is 0 Å². The van der Waals surface area contributed by atoms with Crippen LogP contribution in [-0.2, 0) is 13.9 Å². The predicted molar refractivity (Wildman–Crippen MR) is 124 cm³/mol. The molecular formula is C25H34O4Si. The van der Waals surface area contributed by atoms with Gasteiger partial charge in [-0.05, 0) is 27.9 Å². The van der Waals surface area contributed by atoms with Gasteiger partial charge < -0.3 is 19.0 Å². The lowest BCUT2D eigenvalue weighted by Crippen LogP contribution is -2.67. The molecule has 0 spiro atoms. The van der Waals surface area contributed by atoms with Gasteiger partial charge in [0.25, 0.3) is 8.32 Å². The molecule has 0 bridgehead atoms. The predicted octanol–water partition coefficient (Wildman–Crippen LogP) is 3.49. The molecule has 1 aliphatic rings. The summed E-state index contributed by atoms with van der Waals surface area (Å²) in [5, 5.41) is 12.8. The summed E-state index contributed by atoms with van der Waals surface area (Å²) in [6.45, 7) is 7.60. The van der Waals surface area contributed by atoms with E-state index in [9.17, 15) is 5.11 Å². The summed E-state index contributed by atoms with van der Waals surface area (Å²) in [5.41, 5.74) is 0. The summed E-state index contributed by atoms with van der Waals surface area (Å²) in [6.07, 6.45) is 3.66. The molecule has 5 heteroatoms. The maximum absolute atomic E-state index is 10.4. The van der Waals surface area contributed by atoms with E-state index >= 15 is 0 Å². The molecule has 2 aromatic rings. The molecule has 2 aromatic carbocycles. The molecule has 1 saturated heterocycles. The molecule has 1 aliphatic heterocycles. The first-order valence-corrected chi connectivity index (χ1v) is 12.5. The quantitative estimate of drug-likeness (QED) is 0.519. The fourth-order valence-electron chi connectivity index (χ4n) is 4.48. The van der Waals surface area contributed by atoms with Crippen molar-refractivity contribution >= 4 is 18.7 Å². The summed E-state index contributed by atoms with van der Waals surface area (Å²) in [6, 6.07) is 21.2. The van der Waals surface area contributed by atoms with Crippen LogP contribution in [0.25, 0.3) is 0 Å². The molecule has 1 heterocycles. The first-order valence-electron chi connectivity index (χ1n) is 10.6. The van der Waals surface area contributed by atoms with Crippen LogP contribution in [0, 0.1) is 5.92 Å². The maximum Gasteiger partial charge on any atom is 0.261 e. The smallest absolute Gasteiger partial charge is 0.261 e. The Morgan fingerprint density at radius 3 is 2.10 bits per heavy atom. The number of methoxy groups -OCH3 is 1. The van der Waals surface area contributed by atoms with Crippen molar-refractivity contribution in [3.63, 3.8) is 0 Å². The fourth-order valence-corrected chi connectivity index (χ4v) is 9.05. The van der Waals surface area contributed by atoms with E-state index in [4.69, 9.17) is 13.9 Å². The van der Waals surface area contributed by atoms with Gasteiger partial charge in [0.2, 0.25) is 0 Å². The zero-order valence-electron chi connectivity index (χ0n) is 18.5. The van der Waals surface area contributed by atoms with Crippen LogP contribution in [-0.4, -0.2) is 46.0 Å². The summed E-state index contributed by atoms with van der Waals surface area (Å²) in [7, 11) is -0.984. The molecule has 3 atom stereocenters. The second-order valence-electron chi connectivity index (χ2n) is 8.92. The number of allylic oxidation sites excluding steroid dienone is 1. The first-order chi connectivity index (χ1) is 14.4. The topological polar surface area (TPSA) is 47.9 Å². The summed E-state index contributed by atoms with van der Waals surface area (Å²) >= 11 is 0. The Bertz CT molecular complexity index is 761. The van der Waals surface area contributed by atoms with Crippen LogP contribution in [0.15, 0.2) is 73.0 Å². The normalized spacial score (nSPS) is 22.5. The van der Waals surface area contributed by atoms with Crippen molar-refractivity contribution in [3.8, 4) is 0 Å². The Hall–Kier alpha value is -1.92. The molecule has 0 radical (unpaired) electrons. The monoisotopic (exact) mass is 426 g/mol. The van der Waals surface area contributed by atoms with Crippen molar-refractivity contribution in [2.45, 2.75) is 44.4 Å². The molecule has 0 saturated carbocycles. The molecular weight excluding hydrogens is 392 g/mol. The van der Waals surface area contributed by atoms with Crippen LogP contribution in [0.5, 0.6) is 0 Å². The highest BCUT2D eigenvalue weighted by Crippen LogP contribution is 2.37. The number of rotatable bonds is 8. The average Bonchev–Trinajstić information content (AvgIpc) is 3.09. The highest BCUT2D eigenvalue weighted by molar-refractivity contribution is 6.99. The van der Waals surface area contributed by atoms with Crippen molar-refractivity contribution in [1.82, 2.24) is 0 Å². The number of hydrogen-bond acceptors (Lipinski definition) is 4. The zero-order valence-corrected chi connectivity index (χ0v) is 19.5. The third kappa shape index (κ3) is 4.70. The molecule has 30 heavy (non-hydrogen) atoms. The number of aliphatic hydroxyl groups excluding tert-OH is 1. The minimum Gasteiger partial charge on any atom is -0.505 e. The second kappa shape index (κ2) is 9.92. The van der Waals surface area contributed by atoms with E-state index < -0.39 is 14.4 Å². The Morgan fingerprint density at radius 1 is 1.03 bits per heavy atom. The number of hydrogen-bond donors (Lipinski definition) is 1. The molecule has 4 nitrogen and oxygen atoms in total. The summed E-state index contributed by atoms with van der Waals surface area (Å²) < 4.78 is 18.0. The lowest BCUT2D eigenvalue weighted by molar-refractivity contribution is 0.0451. The molecule has 0 aliphatic carbocycles. The van der Waals surface area contributed by atoms with Gasteiger partial charge in [-0.1, -0.05) is 81.4 Å². The van der Waals surface area contributed by atoms with Crippen molar-refractivity contribution in [1.29, 1.82) is 0 Å².